The standard InChI is InChI=1S/C24H20Cl2N4O2S/c1-15-12-20(21(32-2)13-19(15)26)27-22(31)14-33-24-29-28-23(17-10-6-7-11-18(17)25)30(24)16-8-4-3-5-9-16/h3-13H,14H2,1-2H3,(H,27,31). The number of anilines is 1. The Balaban J connectivity index is 1.60. The number of aryl methyl sites for hydroxylation is 1. The number of thioether (sulfide) groups is 1. The van der Waals surface area contributed by atoms with Gasteiger partial charge >= 0.3 is 0 Å². The van der Waals surface area contributed by atoms with Gasteiger partial charge in [-0.2, -0.15) is 0 Å². The minimum atomic E-state index is -0.207. The smallest absolute Gasteiger partial charge is 0.234 e. The van der Waals surface area contributed by atoms with Gasteiger partial charge in [0.1, 0.15) is 5.75 Å². The van der Waals surface area contributed by atoms with Gasteiger partial charge in [-0.3, -0.25) is 9.36 Å². The highest BCUT2D eigenvalue weighted by Crippen LogP contribution is 2.33. The maximum Gasteiger partial charge on any atom is 0.234 e. The van der Waals surface area contributed by atoms with E-state index in [2.05, 4.69) is 15.5 Å². The molecule has 0 spiro atoms. The molecular weight excluding hydrogens is 479 g/mol. The Morgan fingerprint density at radius 3 is 2.48 bits per heavy atom. The summed E-state index contributed by atoms with van der Waals surface area (Å²) < 4.78 is 7.24. The van der Waals surface area contributed by atoms with Gasteiger partial charge in [0, 0.05) is 22.3 Å². The number of para-hydroxylation sites is 1. The van der Waals surface area contributed by atoms with Crippen molar-refractivity contribution in [2.75, 3.05) is 18.2 Å². The molecule has 1 amide bonds. The van der Waals surface area contributed by atoms with Gasteiger partial charge < -0.3 is 10.1 Å². The van der Waals surface area contributed by atoms with Crippen LogP contribution in [0.3, 0.4) is 0 Å². The molecule has 0 unspecified atom stereocenters. The second-order valence-corrected chi connectivity index (χ2v) is 8.85. The number of benzene rings is 3. The van der Waals surface area contributed by atoms with E-state index in [9.17, 15) is 4.79 Å². The van der Waals surface area contributed by atoms with E-state index in [-0.39, 0.29) is 11.7 Å². The average molecular weight is 499 g/mol. The highest BCUT2D eigenvalue weighted by Gasteiger charge is 2.19. The number of hydrogen-bond acceptors (Lipinski definition) is 5. The summed E-state index contributed by atoms with van der Waals surface area (Å²) >= 11 is 13.9. The molecule has 4 rings (SSSR count). The average Bonchev–Trinajstić information content (AvgIpc) is 3.24. The molecule has 6 nitrogen and oxygen atoms in total. The fraction of sp³-hybridized carbons (Fsp3) is 0.125. The third-order valence-corrected chi connectivity index (χ3v) is 6.52. The van der Waals surface area contributed by atoms with Crippen LogP contribution >= 0.6 is 35.0 Å². The largest absolute Gasteiger partial charge is 0.495 e. The molecular formula is C24H20Cl2N4O2S. The Labute approximate surface area is 205 Å². The van der Waals surface area contributed by atoms with Crippen LogP contribution in [0.2, 0.25) is 10.0 Å². The molecule has 1 heterocycles. The number of hydrogen-bond donors (Lipinski definition) is 1. The van der Waals surface area contributed by atoms with E-state index >= 15 is 0 Å². The molecule has 168 valence electrons. The van der Waals surface area contributed by atoms with Gasteiger partial charge in [-0.25, -0.2) is 0 Å². The van der Waals surface area contributed by atoms with Crippen LogP contribution in [0.5, 0.6) is 5.75 Å². The lowest BCUT2D eigenvalue weighted by atomic mass is 10.2. The van der Waals surface area contributed by atoms with Crippen LogP contribution in [0.1, 0.15) is 5.56 Å². The highest BCUT2D eigenvalue weighted by atomic mass is 35.5. The number of ether oxygens (including phenoxy) is 1. The van der Waals surface area contributed by atoms with Crippen LogP contribution in [0.25, 0.3) is 17.1 Å². The van der Waals surface area contributed by atoms with Crippen LogP contribution in [-0.2, 0) is 4.79 Å². The molecule has 9 heteroatoms. The first-order chi connectivity index (χ1) is 16.0. The number of methoxy groups -OCH3 is 1. The van der Waals surface area contributed by atoms with Crippen LogP contribution in [0.15, 0.2) is 71.9 Å². The van der Waals surface area contributed by atoms with Crippen LogP contribution in [0.4, 0.5) is 5.69 Å². The number of amides is 1. The molecule has 0 radical (unpaired) electrons. The van der Waals surface area contributed by atoms with Gasteiger partial charge in [0.25, 0.3) is 0 Å². The number of nitrogens with zero attached hydrogens (tertiary/aromatic N) is 3. The summed E-state index contributed by atoms with van der Waals surface area (Å²) in [6.07, 6.45) is 0. The summed E-state index contributed by atoms with van der Waals surface area (Å²) in [6, 6.07) is 20.6. The van der Waals surface area contributed by atoms with Crippen LogP contribution in [-0.4, -0.2) is 33.5 Å². The van der Waals surface area contributed by atoms with Crippen LogP contribution in [0, 0.1) is 6.92 Å². The van der Waals surface area contributed by atoms with Gasteiger partial charge in [0.05, 0.1) is 23.6 Å². The number of rotatable bonds is 7. The monoisotopic (exact) mass is 498 g/mol. The first-order valence-corrected chi connectivity index (χ1v) is 11.7. The molecule has 0 aliphatic heterocycles. The van der Waals surface area contributed by atoms with Crippen molar-refractivity contribution in [1.29, 1.82) is 0 Å². The fourth-order valence-corrected chi connectivity index (χ4v) is 4.36. The summed E-state index contributed by atoms with van der Waals surface area (Å²) in [4.78, 5) is 12.7. The van der Waals surface area contributed by atoms with E-state index in [1.165, 1.54) is 18.9 Å². The predicted molar refractivity (Wildman–Crippen MR) is 134 cm³/mol. The molecule has 1 N–H and O–H groups in total. The normalized spacial score (nSPS) is 10.8. The fourth-order valence-electron chi connectivity index (χ4n) is 3.24. The maximum atomic E-state index is 12.7. The molecule has 0 fully saturated rings. The lowest BCUT2D eigenvalue weighted by molar-refractivity contribution is -0.113. The molecule has 0 saturated carbocycles. The maximum absolute atomic E-state index is 12.7. The molecule has 4 aromatic rings. The Bertz CT molecular complexity index is 1300. The van der Waals surface area contributed by atoms with Gasteiger partial charge in [0.15, 0.2) is 11.0 Å². The first kappa shape index (κ1) is 23.2. The summed E-state index contributed by atoms with van der Waals surface area (Å²) in [5.74, 6) is 1.02. The molecule has 0 saturated heterocycles. The third kappa shape index (κ3) is 5.16. The van der Waals surface area contributed by atoms with E-state index in [4.69, 9.17) is 27.9 Å². The Hall–Kier alpha value is -3.00. The molecule has 0 bridgehead atoms. The van der Waals surface area contributed by atoms with E-state index in [1.807, 2.05) is 66.1 Å². The second kappa shape index (κ2) is 10.3. The number of carbonyl (C=O) groups excluding carboxylic acids is 1. The zero-order valence-electron chi connectivity index (χ0n) is 17.9. The lowest BCUT2D eigenvalue weighted by Crippen LogP contribution is -2.15. The van der Waals surface area contributed by atoms with Crippen molar-refractivity contribution >= 4 is 46.6 Å². The van der Waals surface area contributed by atoms with Crippen molar-refractivity contribution in [2.24, 2.45) is 0 Å². The van der Waals surface area contributed by atoms with Gasteiger partial charge in [0.2, 0.25) is 5.91 Å². The quantitative estimate of drug-likeness (QED) is 0.303. The molecule has 0 aliphatic carbocycles. The topological polar surface area (TPSA) is 69.0 Å². The summed E-state index contributed by atoms with van der Waals surface area (Å²) in [5, 5.41) is 13.3. The van der Waals surface area contributed by atoms with Crippen molar-refractivity contribution in [2.45, 2.75) is 12.1 Å². The predicted octanol–water partition coefficient (Wildman–Crippen LogP) is 6.29. The highest BCUT2D eigenvalue weighted by molar-refractivity contribution is 7.99. The zero-order valence-corrected chi connectivity index (χ0v) is 20.2. The lowest BCUT2D eigenvalue weighted by Gasteiger charge is -2.13. The Morgan fingerprint density at radius 2 is 1.76 bits per heavy atom. The summed E-state index contributed by atoms with van der Waals surface area (Å²) in [6.45, 7) is 1.87. The Kier molecular flexibility index (Phi) is 7.23. The molecule has 1 aromatic heterocycles. The van der Waals surface area contributed by atoms with Crippen molar-refractivity contribution in [3.8, 4) is 22.8 Å². The SMILES string of the molecule is COc1cc(Cl)c(C)cc1NC(=O)CSc1nnc(-c2ccccc2Cl)n1-c1ccccc1. The second-order valence-electron chi connectivity index (χ2n) is 7.10. The van der Waals surface area contributed by atoms with Gasteiger partial charge in [-0.15, -0.1) is 10.2 Å². The Morgan fingerprint density at radius 1 is 1.03 bits per heavy atom. The van der Waals surface area contributed by atoms with Crippen molar-refractivity contribution in [3.05, 3.63) is 82.3 Å². The number of halogens is 2. The summed E-state index contributed by atoms with van der Waals surface area (Å²) in [7, 11) is 1.53. The van der Waals surface area contributed by atoms with Crippen molar-refractivity contribution in [3.63, 3.8) is 0 Å². The zero-order chi connectivity index (χ0) is 23.4. The minimum absolute atomic E-state index is 0.123. The molecule has 0 aliphatic rings. The minimum Gasteiger partial charge on any atom is -0.495 e. The number of nitrogens with one attached hydrogen (secondary N) is 1. The van der Waals surface area contributed by atoms with E-state index in [1.54, 1.807) is 12.1 Å². The number of aromatic nitrogens is 3. The third-order valence-electron chi connectivity index (χ3n) is 4.85. The van der Waals surface area contributed by atoms with Crippen LogP contribution < -0.4 is 10.1 Å². The van der Waals surface area contributed by atoms with E-state index in [0.717, 1.165) is 16.8 Å². The molecule has 3 aromatic carbocycles. The molecule has 33 heavy (non-hydrogen) atoms. The van der Waals surface area contributed by atoms with Crippen molar-refractivity contribution in [1.82, 2.24) is 14.8 Å². The van der Waals surface area contributed by atoms with Gasteiger partial charge in [-0.05, 0) is 42.8 Å². The van der Waals surface area contributed by atoms with E-state index < -0.39 is 0 Å². The molecule has 0 atom stereocenters. The van der Waals surface area contributed by atoms with E-state index in [0.29, 0.717) is 32.5 Å². The summed E-state index contributed by atoms with van der Waals surface area (Å²) in [5.41, 5.74) is 3.03. The van der Waals surface area contributed by atoms with Crippen molar-refractivity contribution < 1.29 is 9.53 Å². The first-order valence-electron chi connectivity index (χ1n) is 10.0. The number of carbonyl (C=O) groups is 1. The van der Waals surface area contributed by atoms with Gasteiger partial charge in [-0.1, -0.05) is 65.3 Å².